The lowest BCUT2D eigenvalue weighted by molar-refractivity contribution is -0.142. The first-order chi connectivity index (χ1) is 15.2. The number of alkyl halides is 3. The molecular weight excluding hydrogens is 425 g/mol. The predicted octanol–water partition coefficient (Wildman–Crippen LogP) is 3.86. The van der Waals surface area contributed by atoms with Crippen LogP contribution >= 0.6 is 0 Å². The van der Waals surface area contributed by atoms with E-state index in [1.54, 1.807) is 24.0 Å². The minimum Gasteiger partial charge on any atom is -0.465 e. The quantitative estimate of drug-likeness (QED) is 0.571. The number of carbonyl (C=O) groups excluding carboxylic acids is 2. The average molecular weight is 446 g/mol. The van der Waals surface area contributed by atoms with Crippen molar-refractivity contribution in [3.8, 4) is 0 Å². The zero-order chi connectivity index (χ0) is 23.0. The molecule has 2 aromatic heterocycles. The van der Waals surface area contributed by atoms with Crippen LogP contribution in [-0.2, 0) is 10.9 Å². The minimum atomic E-state index is -4.58. The van der Waals surface area contributed by atoms with Crippen LogP contribution in [-0.4, -0.2) is 51.6 Å². The molecule has 0 unspecified atom stereocenters. The number of halogens is 3. The molecule has 1 atom stereocenters. The van der Waals surface area contributed by atoms with E-state index in [1.165, 1.54) is 25.3 Å². The zero-order valence-electron chi connectivity index (χ0n) is 17.5. The van der Waals surface area contributed by atoms with Crippen molar-refractivity contribution in [3.05, 3.63) is 64.6 Å². The summed E-state index contributed by atoms with van der Waals surface area (Å²) in [6, 6.07) is 8.64. The van der Waals surface area contributed by atoms with Gasteiger partial charge in [0, 0.05) is 36.3 Å². The van der Waals surface area contributed by atoms with E-state index in [2.05, 4.69) is 14.8 Å². The lowest BCUT2D eigenvalue weighted by atomic mass is 9.93. The molecule has 4 rings (SSSR count). The zero-order valence-corrected chi connectivity index (χ0v) is 17.5. The lowest BCUT2D eigenvalue weighted by Gasteiger charge is -2.33. The highest BCUT2D eigenvalue weighted by Crippen LogP contribution is 2.34. The number of amides is 1. The average Bonchev–Trinajstić information content (AvgIpc) is 3.16. The standard InChI is InChI=1S/C22H21F3N4O3/c1-13-10-19-26-17(11-18(22(23,24)25)29(19)27-13)16-4-3-9-28(12-16)20(30)14-5-7-15(8-6-14)21(31)32-2/h5-8,10-11,16H,3-4,9,12H2,1-2H3/t16-/m0/s1. The van der Waals surface area contributed by atoms with Gasteiger partial charge in [-0.05, 0) is 50.1 Å². The SMILES string of the molecule is COC(=O)c1ccc(C(=O)N2CCC[C@H](c3cc(C(F)(F)F)n4nc(C)cc4n3)C2)cc1. The molecule has 1 aliphatic heterocycles. The molecule has 1 aliphatic rings. The lowest BCUT2D eigenvalue weighted by Crippen LogP contribution is -2.39. The third-order valence-electron chi connectivity index (χ3n) is 5.54. The van der Waals surface area contributed by atoms with Crippen molar-refractivity contribution in [1.82, 2.24) is 19.5 Å². The molecule has 168 valence electrons. The maximum atomic E-state index is 13.6. The van der Waals surface area contributed by atoms with E-state index in [0.29, 0.717) is 41.9 Å². The van der Waals surface area contributed by atoms with Crippen LogP contribution in [0.25, 0.3) is 5.65 Å². The van der Waals surface area contributed by atoms with E-state index in [9.17, 15) is 22.8 Å². The number of likely N-dealkylation sites (tertiary alicyclic amines) is 1. The fourth-order valence-electron chi connectivity index (χ4n) is 3.97. The summed E-state index contributed by atoms with van der Waals surface area (Å²) >= 11 is 0. The van der Waals surface area contributed by atoms with Gasteiger partial charge in [-0.2, -0.15) is 18.3 Å². The number of rotatable bonds is 3. The summed E-state index contributed by atoms with van der Waals surface area (Å²) in [5.74, 6) is -1.08. The number of piperidine rings is 1. The van der Waals surface area contributed by atoms with Gasteiger partial charge >= 0.3 is 12.1 Å². The van der Waals surface area contributed by atoms with Crippen LogP contribution in [0.2, 0.25) is 0 Å². The Kier molecular flexibility index (Phi) is 5.62. The first-order valence-corrected chi connectivity index (χ1v) is 10.1. The molecule has 0 radical (unpaired) electrons. The molecular formula is C22H21F3N4O3. The number of hydrogen-bond donors (Lipinski definition) is 0. The van der Waals surface area contributed by atoms with Crippen LogP contribution < -0.4 is 0 Å². The van der Waals surface area contributed by atoms with Gasteiger partial charge in [-0.1, -0.05) is 0 Å². The number of methoxy groups -OCH3 is 1. The Hall–Kier alpha value is -3.43. The maximum Gasteiger partial charge on any atom is 0.433 e. The van der Waals surface area contributed by atoms with Gasteiger partial charge in [-0.25, -0.2) is 14.3 Å². The second-order valence-corrected chi connectivity index (χ2v) is 7.78. The van der Waals surface area contributed by atoms with Gasteiger partial charge in [0.25, 0.3) is 5.91 Å². The van der Waals surface area contributed by atoms with Crippen molar-refractivity contribution in [2.24, 2.45) is 0 Å². The number of fused-ring (bicyclic) bond motifs is 1. The molecule has 1 fully saturated rings. The van der Waals surface area contributed by atoms with Gasteiger partial charge in [0.15, 0.2) is 5.65 Å². The topological polar surface area (TPSA) is 76.8 Å². The van der Waals surface area contributed by atoms with Crippen LogP contribution in [0.4, 0.5) is 13.2 Å². The molecule has 10 heteroatoms. The highest BCUT2D eigenvalue weighted by atomic mass is 19.4. The van der Waals surface area contributed by atoms with E-state index in [1.807, 2.05) is 0 Å². The van der Waals surface area contributed by atoms with Crippen molar-refractivity contribution in [1.29, 1.82) is 0 Å². The summed E-state index contributed by atoms with van der Waals surface area (Å²) in [4.78, 5) is 30.6. The van der Waals surface area contributed by atoms with E-state index in [0.717, 1.165) is 10.6 Å². The predicted molar refractivity (Wildman–Crippen MR) is 108 cm³/mol. The molecule has 32 heavy (non-hydrogen) atoms. The summed E-state index contributed by atoms with van der Waals surface area (Å²) in [6.45, 7) is 2.36. The number of ether oxygens (including phenoxy) is 1. The number of aryl methyl sites for hydroxylation is 1. The summed E-state index contributed by atoms with van der Waals surface area (Å²) in [6.07, 6.45) is -3.32. The van der Waals surface area contributed by atoms with E-state index < -0.39 is 17.8 Å². The van der Waals surface area contributed by atoms with E-state index >= 15 is 0 Å². The Morgan fingerprint density at radius 1 is 1.12 bits per heavy atom. The van der Waals surface area contributed by atoms with Crippen molar-refractivity contribution in [2.75, 3.05) is 20.2 Å². The van der Waals surface area contributed by atoms with Crippen LogP contribution in [0, 0.1) is 6.92 Å². The van der Waals surface area contributed by atoms with E-state index in [-0.39, 0.29) is 24.0 Å². The summed E-state index contributed by atoms with van der Waals surface area (Å²) in [5.41, 5.74) is 0.707. The normalized spacial score (nSPS) is 16.9. The first kappa shape index (κ1) is 21.8. The Morgan fingerprint density at radius 3 is 2.47 bits per heavy atom. The fourth-order valence-corrected chi connectivity index (χ4v) is 3.97. The Morgan fingerprint density at radius 2 is 1.81 bits per heavy atom. The van der Waals surface area contributed by atoms with Crippen molar-refractivity contribution in [2.45, 2.75) is 31.9 Å². The number of hydrogen-bond acceptors (Lipinski definition) is 5. The molecule has 0 bridgehead atoms. The molecule has 1 saturated heterocycles. The summed E-state index contributed by atoms with van der Waals surface area (Å²) in [7, 11) is 1.27. The fraction of sp³-hybridized carbons (Fsp3) is 0.364. The molecule has 7 nitrogen and oxygen atoms in total. The van der Waals surface area contributed by atoms with Gasteiger partial charge in [-0.3, -0.25) is 4.79 Å². The molecule has 3 aromatic rings. The Bertz CT molecular complexity index is 1170. The van der Waals surface area contributed by atoms with Crippen LogP contribution in [0.5, 0.6) is 0 Å². The molecule has 0 spiro atoms. The molecule has 0 N–H and O–H groups in total. The highest BCUT2D eigenvalue weighted by Gasteiger charge is 2.36. The molecule has 1 aromatic carbocycles. The van der Waals surface area contributed by atoms with Crippen molar-refractivity contribution >= 4 is 17.5 Å². The monoisotopic (exact) mass is 446 g/mol. The van der Waals surface area contributed by atoms with Gasteiger partial charge < -0.3 is 9.64 Å². The maximum absolute atomic E-state index is 13.6. The second kappa shape index (κ2) is 8.25. The number of carbonyl (C=O) groups is 2. The highest BCUT2D eigenvalue weighted by molar-refractivity contribution is 5.96. The van der Waals surface area contributed by atoms with Crippen LogP contribution in [0.15, 0.2) is 36.4 Å². The molecule has 0 aliphatic carbocycles. The minimum absolute atomic E-state index is 0.133. The van der Waals surface area contributed by atoms with Gasteiger partial charge in [0.2, 0.25) is 0 Å². The Labute approximate surface area is 181 Å². The van der Waals surface area contributed by atoms with Crippen LogP contribution in [0.3, 0.4) is 0 Å². The van der Waals surface area contributed by atoms with Gasteiger partial charge in [0.1, 0.15) is 5.69 Å². The molecule has 0 saturated carbocycles. The number of esters is 1. The second-order valence-electron chi connectivity index (χ2n) is 7.78. The third kappa shape index (κ3) is 4.17. The summed E-state index contributed by atoms with van der Waals surface area (Å²) in [5, 5.41) is 3.91. The van der Waals surface area contributed by atoms with Gasteiger partial charge in [-0.15, -0.1) is 0 Å². The van der Waals surface area contributed by atoms with E-state index in [4.69, 9.17) is 0 Å². The van der Waals surface area contributed by atoms with Crippen molar-refractivity contribution < 1.29 is 27.5 Å². The largest absolute Gasteiger partial charge is 0.465 e. The number of nitrogens with zero attached hydrogens (tertiary/aromatic N) is 4. The van der Waals surface area contributed by atoms with Crippen LogP contribution in [0.1, 0.15) is 56.6 Å². The Balaban J connectivity index is 1.59. The number of aromatic nitrogens is 3. The first-order valence-electron chi connectivity index (χ1n) is 10.1. The number of benzene rings is 1. The van der Waals surface area contributed by atoms with Gasteiger partial charge in [0.05, 0.1) is 18.4 Å². The molecule has 3 heterocycles. The summed E-state index contributed by atoms with van der Waals surface area (Å²) < 4.78 is 46.4. The smallest absolute Gasteiger partial charge is 0.433 e. The third-order valence-corrected chi connectivity index (χ3v) is 5.54. The molecule has 1 amide bonds. The van der Waals surface area contributed by atoms with Crippen molar-refractivity contribution in [3.63, 3.8) is 0 Å².